The normalized spacial score (nSPS) is 11.5. The van der Waals surface area contributed by atoms with Gasteiger partial charge < -0.3 is 4.90 Å². The maximum atomic E-state index is 13.2. The van der Waals surface area contributed by atoms with E-state index < -0.39 is 0 Å². The third-order valence-electron chi connectivity index (χ3n) is 4.51. The van der Waals surface area contributed by atoms with Crippen molar-refractivity contribution >= 4 is 22.6 Å². The lowest BCUT2D eigenvalue weighted by Gasteiger charge is -2.26. The fourth-order valence-electron chi connectivity index (χ4n) is 3.44. The molecule has 0 atom stereocenters. The number of carbonyl (C=O) groups is 1. The zero-order valence-corrected chi connectivity index (χ0v) is 16.1. The molecule has 0 radical (unpaired) electrons. The molecule has 1 N–H and O–H groups in total. The fraction of sp³-hybridized carbons (Fsp3) is 0.364. The topological polar surface area (TPSA) is 40.0 Å². The molecule has 0 saturated carbocycles. The summed E-state index contributed by atoms with van der Waals surface area (Å²) in [4.78, 5) is 18.6. The number of rotatable bonds is 6. The van der Waals surface area contributed by atoms with Crippen LogP contribution in [0.5, 0.6) is 0 Å². The summed E-state index contributed by atoms with van der Waals surface area (Å²) >= 11 is 0. The van der Waals surface area contributed by atoms with E-state index in [0.717, 1.165) is 29.0 Å². The Bertz CT molecular complexity index is 881. The van der Waals surface area contributed by atoms with Crippen molar-refractivity contribution in [3.63, 3.8) is 0 Å². The smallest absolute Gasteiger partial charge is 0.269 e. The number of hydrogen-bond donors (Lipinski definition) is 1. The standard InChI is InChI=1S/C22H27N3O/c1-16(2)14-21-23-19-12-8-9-13-20(19)24(21)15-22(26)25(17(3)4)18-10-6-5-7-11-18/h5-13,16-17H,14-15H2,1-4H3/p+1. The highest BCUT2D eigenvalue weighted by atomic mass is 16.2. The van der Waals surface area contributed by atoms with Crippen molar-refractivity contribution in [2.75, 3.05) is 4.90 Å². The molecule has 0 aliphatic carbocycles. The van der Waals surface area contributed by atoms with E-state index in [2.05, 4.69) is 49.4 Å². The minimum atomic E-state index is 0.101. The molecule has 0 aliphatic rings. The average molecular weight is 350 g/mol. The number of aromatic nitrogens is 2. The van der Waals surface area contributed by atoms with Gasteiger partial charge in [0, 0.05) is 11.7 Å². The molecule has 1 aromatic heterocycles. The second kappa shape index (κ2) is 7.73. The molecule has 3 aromatic rings. The highest BCUT2D eigenvalue weighted by Crippen LogP contribution is 2.18. The molecule has 1 heterocycles. The molecular weight excluding hydrogens is 322 g/mol. The zero-order valence-electron chi connectivity index (χ0n) is 16.1. The molecule has 0 bridgehead atoms. The Kier molecular flexibility index (Phi) is 5.40. The Balaban J connectivity index is 1.97. The maximum absolute atomic E-state index is 13.2. The van der Waals surface area contributed by atoms with Crippen LogP contribution in [0, 0.1) is 5.92 Å². The lowest BCUT2D eigenvalue weighted by atomic mass is 10.1. The zero-order chi connectivity index (χ0) is 18.7. The van der Waals surface area contributed by atoms with E-state index in [1.807, 2.05) is 47.4 Å². The van der Waals surface area contributed by atoms with Crippen molar-refractivity contribution in [3.8, 4) is 0 Å². The Labute approximate surface area is 155 Å². The molecule has 0 unspecified atom stereocenters. The van der Waals surface area contributed by atoms with Crippen LogP contribution in [0.1, 0.15) is 33.5 Å². The van der Waals surface area contributed by atoms with Gasteiger partial charge in [0.25, 0.3) is 11.7 Å². The molecule has 136 valence electrons. The van der Waals surface area contributed by atoms with Gasteiger partial charge in [-0.3, -0.25) is 4.79 Å². The number of imidazole rings is 1. The highest BCUT2D eigenvalue weighted by molar-refractivity contribution is 5.93. The van der Waals surface area contributed by atoms with Crippen LogP contribution >= 0.6 is 0 Å². The van der Waals surface area contributed by atoms with E-state index in [1.165, 1.54) is 0 Å². The van der Waals surface area contributed by atoms with Crippen LogP contribution in [0.15, 0.2) is 54.6 Å². The lowest BCUT2D eigenvalue weighted by molar-refractivity contribution is -0.666. The van der Waals surface area contributed by atoms with Gasteiger partial charge in [-0.15, -0.1) is 0 Å². The molecule has 3 rings (SSSR count). The van der Waals surface area contributed by atoms with E-state index in [0.29, 0.717) is 12.5 Å². The molecule has 0 saturated heterocycles. The van der Waals surface area contributed by atoms with Crippen LogP contribution in [0.4, 0.5) is 5.69 Å². The Morgan fingerprint density at radius 1 is 1.00 bits per heavy atom. The molecule has 0 aliphatic heterocycles. The second-order valence-corrected chi connectivity index (χ2v) is 7.47. The molecule has 0 spiro atoms. The van der Waals surface area contributed by atoms with Crippen LogP contribution in [0.25, 0.3) is 11.0 Å². The van der Waals surface area contributed by atoms with Crippen molar-refractivity contribution in [3.05, 3.63) is 60.4 Å². The van der Waals surface area contributed by atoms with Gasteiger partial charge in [-0.2, -0.15) is 0 Å². The molecule has 1 amide bonds. The average Bonchev–Trinajstić information content (AvgIpc) is 2.92. The first-order valence-electron chi connectivity index (χ1n) is 9.34. The minimum Gasteiger partial charge on any atom is -0.307 e. The number of fused-ring (bicyclic) bond motifs is 1. The van der Waals surface area contributed by atoms with Crippen LogP contribution in [-0.2, 0) is 17.8 Å². The van der Waals surface area contributed by atoms with E-state index >= 15 is 0 Å². The van der Waals surface area contributed by atoms with Crippen molar-refractivity contribution in [2.45, 2.75) is 46.7 Å². The number of nitrogens with one attached hydrogen (secondary N) is 1. The predicted octanol–water partition coefficient (Wildman–Crippen LogP) is 4.10. The van der Waals surface area contributed by atoms with Crippen molar-refractivity contribution in [1.82, 2.24) is 4.98 Å². The quantitative estimate of drug-likeness (QED) is 0.668. The number of para-hydroxylation sites is 3. The Hall–Kier alpha value is -2.62. The summed E-state index contributed by atoms with van der Waals surface area (Å²) in [6.45, 7) is 8.84. The first-order valence-corrected chi connectivity index (χ1v) is 9.34. The number of benzene rings is 2. The SMILES string of the molecule is CC(C)Cc1[nH]c2ccccc2[n+]1CC(=O)N(c1ccccc1)C(C)C. The van der Waals surface area contributed by atoms with Crippen molar-refractivity contribution in [1.29, 1.82) is 0 Å². The summed E-state index contributed by atoms with van der Waals surface area (Å²) in [7, 11) is 0. The van der Waals surface area contributed by atoms with Gasteiger partial charge in [-0.05, 0) is 44.0 Å². The van der Waals surface area contributed by atoms with E-state index in [-0.39, 0.29) is 11.9 Å². The molecule has 4 heteroatoms. The highest BCUT2D eigenvalue weighted by Gasteiger charge is 2.26. The summed E-state index contributed by atoms with van der Waals surface area (Å²) in [5, 5.41) is 0. The lowest BCUT2D eigenvalue weighted by Crippen LogP contribution is -2.49. The van der Waals surface area contributed by atoms with Crippen LogP contribution in [0.3, 0.4) is 0 Å². The van der Waals surface area contributed by atoms with Gasteiger partial charge in [0.05, 0.1) is 6.42 Å². The summed E-state index contributed by atoms with van der Waals surface area (Å²) < 4.78 is 2.13. The third kappa shape index (κ3) is 3.79. The van der Waals surface area contributed by atoms with E-state index in [9.17, 15) is 4.79 Å². The maximum Gasteiger partial charge on any atom is 0.269 e. The fourth-order valence-corrected chi connectivity index (χ4v) is 3.44. The van der Waals surface area contributed by atoms with Gasteiger partial charge >= 0.3 is 0 Å². The van der Waals surface area contributed by atoms with Crippen molar-refractivity contribution in [2.24, 2.45) is 5.92 Å². The van der Waals surface area contributed by atoms with E-state index in [1.54, 1.807) is 0 Å². The number of carbonyl (C=O) groups excluding carboxylic acids is 1. The molecule has 0 fully saturated rings. The monoisotopic (exact) mass is 350 g/mol. The number of amides is 1. The van der Waals surface area contributed by atoms with E-state index in [4.69, 9.17) is 0 Å². The van der Waals surface area contributed by atoms with Crippen LogP contribution in [-0.4, -0.2) is 16.9 Å². The number of nitrogens with zero attached hydrogens (tertiary/aromatic N) is 2. The molecule has 4 nitrogen and oxygen atoms in total. The van der Waals surface area contributed by atoms with Crippen LogP contribution in [0.2, 0.25) is 0 Å². The second-order valence-electron chi connectivity index (χ2n) is 7.47. The molecule has 2 aromatic carbocycles. The van der Waals surface area contributed by atoms with Gasteiger partial charge in [-0.25, -0.2) is 9.55 Å². The van der Waals surface area contributed by atoms with Crippen LogP contribution < -0.4 is 9.47 Å². The third-order valence-corrected chi connectivity index (χ3v) is 4.51. The molecular formula is C22H28N3O+. The number of aromatic amines is 1. The van der Waals surface area contributed by atoms with Gasteiger partial charge in [-0.1, -0.05) is 44.2 Å². The largest absolute Gasteiger partial charge is 0.307 e. The first-order chi connectivity index (χ1) is 12.5. The van der Waals surface area contributed by atoms with Gasteiger partial charge in [0.1, 0.15) is 0 Å². The van der Waals surface area contributed by atoms with Gasteiger partial charge in [0.15, 0.2) is 17.6 Å². The Morgan fingerprint density at radius 2 is 1.65 bits per heavy atom. The predicted molar refractivity (Wildman–Crippen MR) is 106 cm³/mol. The first kappa shape index (κ1) is 18.2. The molecule has 26 heavy (non-hydrogen) atoms. The van der Waals surface area contributed by atoms with Crippen molar-refractivity contribution < 1.29 is 9.36 Å². The number of hydrogen-bond acceptors (Lipinski definition) is 1. The summed E-state index contributed by atoms with van der Waals surface area (Å²) in [6.07, 6.45) is 0.912. The van der Waals surface area contributed by atoms with Gasteiger partial charge in [0.2, 0.25) is 0 Å². The number of anilines is 1. The summed E-state index contributed by atoms with van der Waals surface area (Å²) in [6, 6.07) is 18.2. The Morgan fingerprint density at radius 3 is 2.31 bits per heavy atom. The number of H-pyrrole nitrogens is 1. The summed E-state index contributed by atoms with van der Waals surface area (Å²) in [5.74, 6) is 1.72. The summed E-state index contributed by atoms with van der Waals surface area (Å²) in [5.41, 5.74) is 3.10. The minimum absolute atomic E-state index is 0.101.